The lowest BCUT2D eigenvalue weighted by Gasteiger charge is -2.05. The van der Waals surface area contributed by atoms with Gasteiger partial charge >= 0.3 is 0 Å². The van der Waals surface area contributed by atoms with Gasteiger partial charge in [-0.1, -0.05) is 24.3 Å². The summed E-state index contributed by atoms with van der Waals surface area (Å²) in [7, 11) is 0. The molecule has 0 saturated heterocycles. The SMILES string of the molecule is C=CCN=c1scc(-c2cc3ccccc3o2)n1N=Cc1ccc(OCC)cc1O. The van der Waals surface area contributed by atoms with Gasteiger partial charge in [0.25, 0.3) is 0 Å². The third-order valence-corrected chi connectivity index (χ3v) is 5.20. The van der Waals surface area contributed by atoms with Crippen LogP contribution in [0.15, 0.2) is 81.1 Å². The number of phenolic OH excluding ortho intramolecular Hbond substituents is 1. The van der Waals surface area contributed by atoms with E-state index in [0.29, 0.717) is 35.0 Å². The van der Waals surface area contributed by atoms with Crippen molar-refractivity contribution in [2.45, 2.75) is 6.92 Å². The Balaban J connectivity index is 1.77. The molecule has 0 fully saturated rings. The Labute approximate surface area is 177 Å². The van der Waals surface area contributed by atoms with Crippen LogP contribution in [0.4, 0.5) is 0 Å². The summed E-state index contributed by atoms with van der Waals surface area (Å²) >= 11 is 1.46. The van der Waals surface area contributed by atoms with Gasteiger partial charge in [0.15, 0.2) is 5.76 Å². The van der Waals surface area contributed by atoms with Crippen LogP contribution in [-0.2, 0) is 0 Å². The number of benzene rings is 2. The highest BCUT2D eigenvalue weighted by atomic mass is 32.1. The number of fused-ring (bicyclic) bond motifs is 1. The largest absolute Gasteiger partial charge is 0.507 e. The van der Waals surface area contributed by atoms with E-state index in [1.54, 1.807) is 35.2 Å². The van der Waals surface area contributed by atoms with Crippen LogP contribution in [0.1, 0.15) is 12.5 Å². The lowest BCUT2D eigenvalue weighted by molar-refractivity contribution is 0.337. The smallest absolute Gasteiger partial charge is 0.206 e. The van der Waals surface area contributed by atoms with Gasteiger partial charge in [0.05, 0.1) is 19.4 Å². The summed E-state index contributed by atoms with van der Waals surface area (Å²) in [5.41, 5.74) is 2.16. The number of thiazole rings is 1. The summed E-state index contributed by atoms with van der Waals surface area (Å²) in [5, 5.41) is 17.9. The summed E-state index contributed by atoms with van der Waals surface area (Å²) in [5.74, 6) is 1.40. The molecule has 0 spiro atoms. The van der Waals surface area contributed by atoms with E-state index in [-0.39, 0.29) is 5.75 Å². The normalized spacial score (nSPS) is 12.1. The van der Waals surface area contributed by atoms with Gasteiger partial charge in [-0.05, 0) is 31.2 Å². The topological polar surface area (TPSA) is 72.2 Å². The Hall–Kier alpha value is -3.58. The van der Waals surface area contributed by atoms with Gasteiger partial charge in [0.1, 0.15) is 22.8 Å². The van der Waals surface area contributed by atoms with Crippen molar-refractivity contribution in [3.05, 3.63) is 76.9 Å². The number of hydrogen-bond donors (Lipinski definition) is 1. The van der Waals surface area contributed by atoms with Gasteiger partial charge in [0.2, 0.25) is 4.80 Å². The molecule has 6 nitrogen and oxygen atoms in total. The Bertz CT molecular complexity index is 1250. The van der Waals surface area contributed by atoms with E-state index in [2.05, 4.69) is 16.7 Å². The molecule has 4 aromatic rings. The van der Waals surface area contributed by atoms with Gasteiger partial charge in [0, 0.05) is 22.4 Å². The predicted molar refractivity (Wildman–Crippen MR) is 120 cm³/mol. The molecular weight excluding hydrogens is 398 g/mol. The molecule has 4 rings (SSSR count). The molecular formula is C23H21N3O3S. The van der Waals surface area contributed by atoms with E-state index >= 15 is 0 Å². The zero-order valence-corrected chi connectivity index (χ0v) is 17.3. The third kappa shape index (κ3) is 4.06. The fourth-order valence-corrected chi connectivity index (χ4v) is 3.78. The lowest BCUT2D eigenvalue weighted by atomic mass is 10.2. The zero-order valence-electron chi connectivity index (χ0n) is 16.5. The Morgan fingerprint density at radius 3 is 2.87 bits per heavy atom. The van der Waals surface area contributed by atoms with E-state index in [0.717, 1.165) is 16.7 Å². The molecule has 30 heavy (non-hydrogen) atoms. The van der Waals surface area contributed by atoms with E-state index in [1.807, 2.05) is 42.6 Å². The lowest BCUT2D eigenvalue weighted by Crippen LogP contribution is -2.12. The molecule has 1 N–H and O–H groups in total. The highest BCUT2D eigenvalue weighted by Gasteiger charge is 2.13. The fourth-order valence-electron chi connectivity index (χ4n) is 2.95. The van der Waals surface area contributed by atoms with Gasteiger partial charge < -0.3 is 14.3 Å². The summed E-state index contributed by atoms with van der Waals surface area (Å²) in [4.78, 5) is 5.22. The number of para-hydroxylation sites is 1. The maximum Gasteiger partial charge on any atom is 0.206 e. The van der Waals surface area contributed by atoms with Crippen molar-refractivity contribution in [1.82, 2.24) is 4.68 Å². The molecule has 0 aliphatic heterocycles. The van der Waals surface area contributed by atoms with Crippen molar-refractivity contribution in [1.29, 1.82) is 0 Å². The highest BCUT2D eigenvalue weighted by Crippen LogP contribution is 2.28. The van der Waals surface area contributed by atoms with Crippen molar-refractivity contribution in [2.75, 3.05) is 13.2 Å². The first kappa shape index (κ1) is 19.7. The minimum Gasteiger partial charge on any atom is -0.507 e. The molecule has 152 valence electrons. The number of hydrogen-bond acceptors (Lipinski definition) is 6. The summed E-state index contributed by atoms with van der Waals surface area (Å²) < 4.78 is 13.1. The van der Waals surface area contributed by atoms with Crippen LogP contribution in [0.3, 0.4) is 0 Å². The molecule has 0 atom stereocenters. The zero-order chi connectivity index (χ0) is 20.9. The first-order valence-corrected chi connectivity index (χ1v) is 10.4. The first-order valence-electron chi connectivity index (χ1n) is 9.50. The monoisotopic (exact) mass is 419 g/mol. The average Bonchev–Trinajstić information content (AvgIpc) is 3.35. The second-order valence-electron chi connectivity index (χ2n) is 6.39. The van der Waals surface area contributed by atoms with Gasteiger partial charge in [-0.3, -0.25) is 4.99 Å². The van der Waals surface area contributed by atoms with Crippen LogP contribution in [0.25, 0.3) is 22.4 Å². The quantitative estimate of drug-likeness (QED) is 0.337. The summed E-state index contributed by atoms with van der Waals surface area (Å²) in [6.45, 7) is 6.63. The van der Waals surface area contributed by atoms with Gasteiger partial charge in [-0.2, -0.15) is 5.10 Å². The van der Waals surface area contributed by atoms with Crippen LogP contribution in [0.2, 0.25) is 0 Å². The molecule has 0 amide bonds. The summed E-state index contributed by atoms with van der Waals surface area (Å²) in [6.07, 6.45) is 3.32. The number of ether oxygens (including phenoxy) is 1. The number of nitrogens with zero attached hydrogens (tertiary/aromatic N) is 3. The standard InChI is InChI=1S/C23H21N3O3S/c1-3-11-24-23-26(25-14-17-9-10-18(28-4-2)13-20(17)27)19(15-30-23)22-12-16-7-5-6-8-21(16)29-22/h3,5-10,12-15,27H,1,4,11H2,2H3. The van der Waals surface area contributed by atoms with Gasteiger partial charge in [-0.25, -0.2) is 4.68 Å². The molecule has 0 unspecified atom stereocenters. The van der Waals surface area contributed by atoms with E-state index in [9.17, 15) is 5.11 Å². The number of aromatic nitrogens is 1. The molecule has 0 bridgehead atoms. The van der Waals surface area contributed by atoms with Crippen molar-refractivity contribution >= 4 is 28.5 Å². The molecule has 0 aliphatic carbocycles. The second kappa shape index (κ2) is 8.84. The molecule has 2 heterocycles. The van der Waals surface area contributed by atoms with E-state index in [4.69, 9.17) is 9.15 Å². The van der Waals surface area contributed by atoms with Crippen LogP contribution in [-0.4, -0.2) is 29.1 Å². The molecule has 2 aromatic heterocycles. The molecule has 0 aliphatic rings. The summed E-state index contributed by atoms with van der Waals surface area (Å²) in [6, 6.07) is 15.0. The van der Waals surface area contributed by atoms with Crippen LogP contribution in [0.5, 0.6) is 11.5 Å². The maximum absolute atomic E-state index is 10.3. The molecule has 2 aromatic carbocycles. The number of rotatable bonds is 7. The van der Waals surface area contributed by atoms with Crippen molar-refractivity contribution < 1.29 is 14.3 Å². The minimum atomic E-state index is 0.0930. The number of phenols is 1. The number of aromatic hydroxyl groups is 1. The van der Waals surface area contributed by atoms with Crippen molar-refractivity contribution in [3.8, 4) is 23.0 Å². The van der Waals surface area contributed by atoms with E-state index in [1.165, 1.54) is 11.3 Å². The second-order valence-corrected chi connectivity index (χ2v) is 7.23. The fraction of sp³-hybridized carbons (Fsp3) is 0.130. The number of furan rings is 1. The Kier molecular flexibility index (Phi) is 5.81. The van der Waals surface area contributed by atoms with Crippen LogP contribution in [0, 0.1) is 0 Å². The minimum absolute atomic E-state index is 0.0930. The Morgan fingerprint density at radius 2 is 2.10 bits per heavy atom. The van der Waals surface area contributed by atoms with Crippen molar-refractivity contribution in [2.24, 2.45) is 10.1 Å². The van der Waals surface area contributed by atoms with E-state index < -0.39 is 0 Å². The third-order valence-electron chi connectivity index (χ3n) is 4.34. The van der Waals surface area contributed by atoms with Crippen LogP contribution < -0.4 is 9.54 Å². The first-order chi connectivity index (χ1) is 14.7. The molecule has 0 radical (unpaired) electrons. The van der Waals surface area contributed by atoms with Crippen LogP contribution >= 0.6 is 11.3 Å². The Morgan fingerprint density at radius 1 is 1.23 bits per heavy atom. The van der Waals surface area contributed by atoms with Gasteiger partial charge in [-0.15, -0.1) is 17.9 Å². The molecule has 7 heteroatoms. The predicted octanol–water partition coefficient (Wildman–Crippen LogP) is 5.04. The average molecular weight is 420 g/mol. The highest BCUT2D eigenvalue weighted by molar-refractivity contribution is 7.07. The maximum atomic E-state index is 10.3. The molecule has 0 saturated carbocycles. The van der Waals surface area contributed by atoms with Crippen molar-refractivity contribution in [3.63, 3.8) is 0 Å².